The molecule has 1 aromatic rings. The summed E-state index contributed by atoms with van der Waals surface area (Å²) < 4.78 is 5.08. The fourth-order valence-corrected chi connectivity index (χ4v) is 3.17. The molecule has 22 heavy (non-hydrogen) atoms. The van der Waals surface area contributed by atoms with Crippen LogP contribution in [0.3, 0.4) is 0 Å². The molecule has 4 nitrogen and oxygen atoms in total. The van der Waals surface area contributed by atoms with E-state index in [9.17, 15) is 0 Å². The summed E-state index contributed by atoms with van der Waals surface area (Å²) in [6.07, 6.45) is 3.44. The largest absolute Gasteiger partial charge is 0.383 e. The van der Waals surface area contributed by atoms with E-state index < -0.39 is 0 Å². The van der Waals surface area contributed by atoms with Crippen LogP contribution in [0.4, 0.5) is 0 Å². The highest BCUT2D eigenvalue weighted by atomic mass is 127. The molecule has 1 atom stereocenters. The van der Waals surface area contributed by atoms with Gasteiger partial charge >= 0.3 is 0 Å². The maximum atomic E-state index is 6.35. The third kappa shape index (κ3) is 4.73. The van der Waals surface area contributed by atoms with E-state index in [-0.39, 0.29) is 35.4 Å². The van der Waals surface area contributed by atoms with Gasteiger partial charge < -0.3 is 15.8 Å². The topological polar surface area (TPSA) is 59.6 Å². The molecule has 0 spiro atoms. The summed E-state index contributed by atoms with van der Waals surface area (Å²) in [7, 11) is 1.67. The van der Waals surface area contributed by atoms with Crippen molar-refractivity contribution in [3.05, 3.63) is 34.9 Å². The number of nitrogens with zero attached hydrogens (tertiary/aromatic N) is 1. The van der Waals surface area contributed by atoms with Crippen LogP contribution in [-0.4, -0.2) is 32.3 Å². The molecule has 0 bridgehead atoms. The van der Waals surface area contributed by atoms with Crippen LogP contribution in [0.1, 0.15) is 31.7 Å². The summed E-state index contributed by atoms with van der Waals surface area (Å²) in [5, 5.41) is 3.96. The molecule has 1 aliphatic rings. The van der Waals surface area contributed by atoms with Crippen LogP contribution < -0.4 is 11.1 Å². The smallest absolute Gasteiger partial charge is 0.188 e. The van der Waals surface area contributed by atoms with Gasteiger partial charge in [0, 0.05) is 23.6 Å². The van der Waals surface area contributed by atoms with Crippen LogP contribution in [0, 0.1) is 0 Å². The number of nitrogens with one attached hydrogen (secondary N) is 1. The maximum absolute atomic E-state index is 6.35. The van der Waals surface area contributed by atoms with E-state index in [0.29, 0.717) is 19.1 Å². The predicted octanol–water partition coefficient (Wildman–Crippen LogP) is 3.32. The Morgan fingerprint density at radius 3 is 2.68 bits per heavy atom. The highest BCUT2D eigenvalue weighted by Gasteiger charge is 2.39. The van der Waals surface area contributed by atoms with Crippen molar-refractivity contribution >= 4 is 41.5 Å². The number of aliphatic imine (C=N–C) groups is 1. The number of rotatable bonds is 6. The van der Waals surface area contributed by atoms with Crippen molar-refractivity contribution in [2.24, 2.45) is 10.7 Å². The Balaban J connectivity index is 0.00000242. The standard InChI is InChI=1S/C16H24ClN3O.HI/c1-12(10-21-2)20-15(18)19-11-16(8-5-9-16)13-6-3-4-7-14(13)17;/h3-4,6-7,12H,5,8-11H2,1-2H3,(H3,18,19,20);1H. The third-order valence-corrected chi connectivity index (χ3v) is 4.45. The Morgan fingerprint density at radius 2 is 2.14 bits per heavy atom. The third-order valence-electron chi connectivity index (χ3n) is 4.12. The number of methoxy groups -OCH3 is 1. The van der Waals surface area contributed by atoms with Crippen LogP contribution in [0.15, 0.2) is 29.3 Å². The monoisotopic (exact) mass is 437 g/mol. The molecule has 1 aromatic carbocycles. The van der Waals surface area contributed by atoms with Crippen LogP contribution in [0.2, 0.25) is 5.02 Å². The molecule has 0 heterocycles. The molecule has 1 fully saturated rings. The van der Waals surface area contributed by atoms with Gasteiger partial charge in [-0.25, -0.2) is 0 Å². The minimum atomic E-state index is 0. The molecule has 1 saturated carbocycles. The number of benzene rings is 1. The van der Waals surface area contributed by atoms with Gasteiger partial charge in [0.25, 0.3) is 0 Å². The molecule has 0 aromatic heterocycles. The first-order chi connectivity index (χ1) is 10.1. The quantitative estimate of drug-likeness (QED) is 0.408. The fraction of sp³-hybridized carbons (Fsp3) is 0.562. The van der Waals surface area contributed by atoms with Crippen molar-refractivity contribution in [3.63, 3.8) is 0 Å². The van der Waals surface area contributed by atoms with E-state index in [1.807, 2.05) is 25.1 Å². The SMILES string of the molecule is COCC(C)NC(N)=NCC1(c2ccccc2Cl)CCC1.I. The van der Waals surface area contributed by atoms with Crippen LogP contribution in [-0.2, 0) is 10.2 Å². The van der Waals surface area contributed by atoms with E-state index >= 15 is 0 Å². The molecule has 6 heteroatoms. The summed E-state index contributed by atoms with van der Waals surface area (Å²) >= 11 is 6.35. The van der Waals surface area contributed by atoms with E-state index in [0.717, 1.165) is 17.9 Å². The van der Waals surface area contributed by atoms with Gasteiger partial charge in [-0.15, -0.1) is 24.0 Å². The number of nitrogens with two attached hydrogens (primary N) is 1. The molecular weight excluding hydrogens is 413 g/mol. The second kappa shape index (κ2) is 8.93. The highest BCUT2D eigenvalue weighted by molar-refractivity contribution is 14.0. The average Bonchev–Trinajstić information content (AvgIpc) is 2.39. The van der Waals surface area contributed by atoms with Crippen molar-refractivity contribution in [2.45, 2.75) is 37.6 Å². The first kappa shape index (κ1) is 19.5. The van der Waals surface area contributed by atoms with Gasteiger partial charge in [-0.1, -0.05) is 36.2 Å². The average molecular weight is 438 g/mol. The van der Waals surface area contributed by atoms with Crippen molar-refractivity contribution in [1.29, 1.82) is 0 Å². The number of guanidine groups is 1. The lowest BCUT2D eigenvalue weighted by atomic mass is 9.64. The lowest BCUT2D eigenvalue weighted by molar-refractivity contribution is 0.179. The van der Waals surface area contributed by atoms with Gasteiger partial charge in [0.2, 0.25) is 0 Å². The second-order valence-electron chi connectivity index (χ2n) is 5.82. The molecule has 1 unspecified atom stereocenters. The van der Waals surface area contributed by atoms with E-state index in [1.54, 1.807) is 7.11 Å². The Morgan fingerprint density at radius 1 is 1.45 bits per heavy atom. The molecule has 3 N–H and O–H groups in total. The number of hydrogen-bond acceptors (Lipinski definition) is 2. The summed E-state index contributed by atoms with van der Waals surface area (Å²) in [5.74, 6) is 0.470. The van der Waals surface area contributed by atoms with Gasteiger partial charge in [0.1, 0.15) is 0 Å². The number of ether oxygens (including phenoxy) is 1. The minimum Gasteiger partial charge on any atom is -0.383 e. The number of hydrogen-bond donors (Lipinski definition) is 2. The lowest BCUT2D eigenvalue weighted by Crippen LogP contribution is -2.43. The van der Waals surface area contributed by atoms with Gasteiger partial charge in [0.05, 0.1) is 13.2 Å². The van der Waals surface area contributed by atoms with Crippen molar-refractivity contribution in [3.8, 4) is 0 Å². The molecule has 1 aliphatic carbocycles. The van der Waals surface area contributed by atoms with Gasteiger partial charge in [-0.05, 0) is 31.4 Å². The molecular formula is C16H25ClIN3O. The van der Waals surface area contributed by atoms with Crippen LogP contribution in [0.5, 0.6) is 0 Å². The summed E-state index contributed by atoms with van der Waals surface area (Å²) in [6, 6.07) is 8.20. The Kier molecular flexibility index (Phi) is 7.93. The second-order valence-corrected chi connectivity index (χ2v) is 6.22. The van der Waals surface area contributed by atoms with Gasteiger partial charge in [-0.3, -0.25) is 4.99 Å². The highest BCUT2D eigenvalue weighted by Crippen LogP contribution is 2.46. The summed E-state index contributed by atoms with van der Waals surface area (Å²) in [6.45, 7) is 3.29. The van der Waals surface area contributed by atoms with Gasteiger partial charge in [-0.2, -0.15) is 0 Å². The molecule has 0 radical (unpaired) electrons. The van der Waals surface area contributed by atoms with E-state index in [2.05, 4.69) is 16.4 Å². The molecule has 0 amide bonds. The Labute approximate surface area is 154 Å². The van der Waals surface area contributed by atoms with Crippen LogP contribution in [0.25, 0.3) is 0 Å². The first-order valence-electron chi connectivity index (χ1n) is 7.38. The maximum Gasteiger partial charge on any atom is 0.188 e. The Hall–Kier alpha value is -0.530. The zero-order chi connectivity index (χ0) is 15.3. The lowest BCUT2D eigenvalue weighted by Gasteiger charge is -2.41. The Bertz CT molecular complexity index is 506. The zero-order valence-corrected chi connectivity index (χ0v) is 16.2. The molecule has 124 valence electrons. The van der Waals surface area contributed by atoms with E-state index in [1.165, 1.54) is 12.0 Å². The minimum absolute atomic E-state index is 0. The van der Waals surface area contributed by atoms with Crippen molar-refractivity contribution in [2.75, 3.05) is 20.3 Å². The summed E-state index contributed by atoms with van der Waals surface area (Å²) in [5.41, 5.74) is 7.20. The van der Waals surface area contributed by atoms with Crippen LogP contribution >= 0.6 is 35.6 Å². The first-order valence-corrected chi connectivity index (χ1v) is 7.75. The van der Waals surface area contributed by atoms with Gasteiger partial charge in [0.15, 0.2) is 5.96 Å². The molecule has 2 rings (SSSR count). The van der Waals surface area contributed by atoms with Crippen molar-refractivity contribution < 1.29 is 4.74 Å². The number of halogens is 2. The normalized spacial score (nSPS) is 18.0. The fourth-order valence-electron chi connectivity index (χ4n) is 2.83. The molecule has 0 aliphatic heterocycles. The van der Waals surface area contributed by atoms with Crippen molar-refractivity contribution in [1.82, 2.24) is 5.32 Å². The summed E-state index contributed by atoms with van der Waals surface area (Å²) in [4.78, 5) is 4.53. The predicted molar refractivity (Wildman–Crippen MR) is 103 cm³/mol. The van der Waals surface area contributed by atoms with E-state index in [4.69, 9.17) is 22.1 Å². The zero-order valence-electron chi connectivity index (χ0n) is 13.1. The molecule has 0 saturated heterocycles.